The third-order valence-electron chi connectivity index (χ3n) is 4.55. The van der Waals surface area contributed by atoms with E-state index in [9.17, 15) is 14.9 Å². The van der Waals surface area contributed by atoms with Crippen LogP contribution in [0.25, 0.3) is 0 Å². The first-order valence-electron chi connectivity index (χ1n) is 8.59. The van der Waals surface area contributed by atoms with Crippen LogP contribution in [0.2, 0.25) is 0 Å². The number of thioether (sulfide) groups is 1. The quantitative estimate of drug-likeness (QED) is 0.322. The molecule has 0 atom stereocenters. The lowest BCUT2D eigenvalue weighted by atomic mass is 9.98. The number of hydrogen-bond donors (Lipinski definition) is 0. The fourth-order valence-corrected chi connectivity index (χ4v) is 3.57. The summed E-state index contributed by atoms with van der Waals surface area (Å²) in [6.07, 6.45) is 8.58. The highest BCUT2D eigenvalue weighted by atomic mass is 32.2. The minimum atomic E-state index is -0.526. The lowest BCUT2D eigenvalue weighted by molar-refractivity contribution is -0.387. The van der Waals surface area contributed by atoms with Crippen LogP contribution in [-0.4, -0.2) is 46.8 Å². The van der Waals surface area contributed by atoms with Gasteiger partial charge in [-0.1, -0.05) is 0 Å². The van der Waals surface area contributed by atoms with Crippen molar-refractivity contribution in [1.29, 1.82) is 0 Å². The molecule has 9 heteroatoms. The molecule has 1 saturated heterocycles. The van der Waals surface area contributed by atoms with Gasteiger partial charge in [-0.2, -0.15) is 0 Å². The van der Waals surface area contributed by atoms with E-state index in [-0.39, 0.29) is 17.2 Å². The maximum Gasteiger partial charge on any atom is 0.338 e. The van der Waals surface area contributed by atoms with Gasteiger partial charge < -0.3 is 9.64 Å². The van der Waals surface area contributed by atoms with Crippen LogP contribution in [0.1, 0.15) is 23.2 Å². The zero-order valence-corrected chi connectivity index (χ0v) is 15.7. The van der Waals surface area contributed by atoms with Crippen LogP contribution in [0.4, 0.5) is 11.5 Å². The summed E-state index contributed by atoms with van der Waals surface area (Å²) in [5.41, 5.74) is 0.130. The van der Waals surface area contributed by atoms with Crippen molar-refractivity contribution >= 4 is 29.2 Å². The summed E-state index contributed by atoms with van der Waals surface area (Å²) >= 11 is 1.27. The summed E-state index contributed by atoms with van der Waals surface area (Å²) in [4.78, 5) is 34.0. The molecule has 0 N–H and O–H groups in total. The molecule has 1 aromatic carbocycles. The van der Waals surface area contributed by atoms with E-state index >= 15 is 0 Å². The highest BCUT2D eigenvalue weighted by molar-refractivity contribution is 7.98. The predicted molar refractivity (Wildman–Crippen MR) is 102 cm³/mol. The number of rotatable bonds is 6. The van der Waals surface area contributed by atoms with Crippen molar-refractivity contribution in [3.63, 3.8) is 0 Å². The van der Waals surface area contributed by atoms with E-state index in [1.807, 2.05) is 0 Å². The average molecular weight is 388 g/mol. The smallest absolute Gasteiger partial charge is 0.338 e. The Morgan fingerprint density at radius 3 is 2.78 bits per heavy atom. The van der Waals surface area contributed by atoms with E-state index in [1.165, 1.54) is 17.8 Å². The van der Waals surface area contributed by atoms with Crippen molar-refractivity contribution in [2.75, 3.05) is 30.9 Å². The summed E-state index contributed by atoms with van der Waals surface area (Å²) in [5, 5.41) is 11.1. The van der Waals surface area contributed by atoms with E-state index in [2.05, 4.69) is 14.9 Å². The van der Waals surface area contributed by atoms with E-state index in [1.54, 1.807) is 37.0 Å². The standard InChI is InChI=1S/C18H20N4O4S/c1-27-16-3-2-14(10-15(16)22(24)25)18(23)26-12-13-4-8-21(9-5-13)17-11-19-6-7-20-17/h2-3,6-7,10-11,13H,4-5,8-9,12H2,1H3. The van der Waals surface area contributed by atoms with Crippen molar-refractivity contribution in [3.8, 4) is 0 Å². The number of aromatic nitrogens is 2. The zero-order valence-electron chi connectivity index (χ0n) is 14.9. The monoisotopic (exact) mass is 388 g/mol. The van der Waals surface area contributed by atoms with Gasteiger partial charge in [0.25, 0.3) is 5.69 Å². The second-order valence-electron chi connectivity index (χ2n) is 6.24. The van der Waals surface area contributed by atoms with Gasteiger partial charge in [0, 0.05) is 31.5 Å². The molecular weight excluding hydrogens is 368 g/mol. The fraction of sp³-hybridized carbons (Fsp3) is 0.389. The molecule has 0 spiro atoms. The number of nitro benzene ring substituents is 1. The molecule has 27 heavy (non-hydrogen) atoms. The van der Waals surface area contributed by atoms with Crippen LogP contribution in [0, 0.1) is 16.0 Å². The van der Waals surface area contributed by atoms with Crippen molar-refractivity contribution < 1.29 is 14.5 Å². The summed E-state index contributed by atoms with van der Waals surface area (Å²) in [5.74, 6) is 0.596. The molecular formula is C18H20N4O4S. The van der Waals surface area contributed by atoms with Crippen LogP contribution < -0.4 is 4.90 Å². The van der Waals surface area contributed by atoms with Gasteiger partial charge in [-0.3, -0.25) is 15.1 Å². The Bertz CT molecular complexity index is 810. The van der Waals surface area contributed by atoms with Gasteiger partial charge in [-0.05, 0) is 37.1 Å². The fourth-order valence-electron chi connectivity index (χ4n) is 3.02. The van der Waals surface area contributed by atoms with Gasteiger partial charge in [0.1, 0.15) is 5.82 Å². The number of carbonyl (C=O) groups excluding carboxylic acids is 1. The molecule has 3 rings (SSSR count). The van der Waals surface area contributed by atoms with Gasteiger partial charge in [0.2, 0.25) is 0 Å². The highest BCUT2D eigenvalue weighted by Crippen LogP contribution is 2.29. The second-order valence-corrected chi connectivity index (χ2v) is 7.08. The first kappa shape index (κ1) is 19.1. The molecule has 1 fully saturated rings. The Kier molecular flexibility index (Phi) is 6.23. The minimum Gasteiger partial charge on any atom is -0.462 e. The summed E-state index contributed by atoms with van der Waals surface area (Å²) in [7, 11) is 0. The van der Waals surface area contributed by atoms with Crippen LogP contribution >= 0.6 is 11.8 Å². The van der Waals surface area contributed by atoms with Crippen molar-refractivity contribution in [2.24, 2.45) is 5.92 Å². The van der Waals surface area contributed by atoms with Crippen molar-refractivity contribution in [3.05, 3.63) is 52.5 Å². The number of ether oxygens (including phenoxy) is 1. The number of carbonyl (C=O) groups is 1. The van der Waals surface area contributed by atoms with Crippen molar-refractivity contribution in [2.45, 2.75) is 17.7 Å². The normalized spacial score (nSPS) is 14.8. The summed E-state index contributed by atoms with van der Waals surface area (Å²) in [6, 6.07) is 4.43. The topological polar surface area (TPSA) is 98.5 Å². The summed E-state index contributed by atoms with van der Waals surface area (Å²) < 4.78 is 5.40. The molecule has 0 saturated carbocycles. The lowest BCUT2D eigenvalue weighted by Gasteiger charge is -2.32. The third kappa shape index (κ3) is 4.73. The number of piperidine rings is 1. The van der Waals surface area contributed by atoms with Crippen molar-refractivity contribution in [1.82, 2.24) is 9.97 Å². The van der Waals surface area contributed by atoms with Gasteiger partial charge in [-0.15, -0.1) is 11.8 Å². The molecule has 142 valence electrons. The first-order valence-corrected chi connectivity index (χ1v) is 9.81. The number of benzene rings is 1. The minimum absolute atomic E-state index is 0.0748. The van der Waals surface area contributed by atoms with Gasteiger partial charge in [-0.25, -0.2) is 9.78 Å². The van der Waals surface area contributed by atoms with Crippen LogP contribution in [0.3, 0.4) is 0 Å². The second kappa shape index (κ2) is 8.81. The molecule has 0 unspecified atom stereocenters. The Morgan fingerprint density at radius 1 is 1.37 bits per heavy atom. The number of nitrogens with zero attached hydrogens (tertiary/aromatic N) is 4. The van der Waals surface area contributed by atoms with Gasteiger partial charge in [0.15, 0.2) is 0 Å². The number of nitro groups is 1. The van der Waals surface area contributed by atoms with E-state index in [0.29, 0.717) is 11.5 Å². The van der Waals surface area contributed by atoms with Crippen LogP contribution in [0.5, 0.6) is 0 Å². The molecule has 1 aromatic heterocycles. The predicted octanol–water partition coefficient (Wildman–Crippen LogP) is 3.18. The average Bonchev–Trinajstić information content (AvgIpc) is 2.72. The maximum atomic E-state index is 12.3. The molecule has 1 aliphatic heterocycles. The molecule has 0 bridgehead atoms. The van der Waals surface area contributed by atoms with E-state index < -0.39 is 10.9 Å². The SMILES string of the molecule is CSc1ccc(C(=O)OCC2CCN(c3cnccn3)CC2)cc1[N+](=O)[O-]. The Hall–Kier alpha value is -2.68. The lowest BCUT2D eigenvalue weighted by Crippen LogP contribution is -2.35. The Balaban J connectivity index is 1.53. The van der Waals surface area contributed by atoms with E-state index in [4.69, 9.17) is 4.74 Å². The zero-order chi connectivity index (χ0) is 19.2. The molecule has 8 nitrogen and oxygen atoms in total. The largest absolute Gasteiger partial charge is 0.462 e. The molecule has 2 heterocycles. The Labute approximate surface area is 161 Å². The number of esters is 1. The molecule has 0 amide bonds. The van der Waals surface area contributed by atoms with Crippen LogP contribution in [0.15, 0.2) is 41.7 Å². The van der Waals surface area contributed by atoms with E-state index in [0.717, 1.165) is 31.7 Å². The molecule has 1 aliphatic rings. The maximum absolute atomic E-state index is 12.3. The molecule has 0 radical (unpaired) electrons. The Morgan fingerprint density at radius 2 is 2.15 bits per heavy atom. The summed E-state index contributed by atoms with van der Waals surface area (Å²) in [6.45, 7) is 1.97. The number of anilines is 1. The first-order chi connectivity index (χ1) is 13.1. The molecule has 2 aromatic rings. The highest BCUT2D eigenvalue weighted by Gasteiger charge is 2.23. The third-order valence-corrected chi connectivity index (χ3v) is 5.33. The van der Waals surface area contributed by atoms with Gasteiger partial charge in [0.05, 0.1) is 28.2 Å². The molecule has 0 aliphatic carbocycles. The van der Waals surface area contributed by atoms with Gasteiger partial charge >= 0.3 is 5.97 Å². The van der Waals surface area contributed by atoms with Crippen LogP contribution in [-0.2, 0) is 4.74 Å². The number of hydrogen-bond acceptors (Lipinski definition) is 8.